The summed E-state index contributed by atoms with van der Waals surface area (Å²) in [4.78, 5) is 0. The number of para-hydroxylation sites is 1. The van der Waals surface area contributed by atoms with Crippen LogP contribution in [0.2, 0.25) is 0 Å². The van der Waals surface area contributed by atoms with Crippen molar-refractivity contribution < 1.29 is 0 Å². The SMILES string of the molecule is CC(C)c1ccccc1NCc1cc(C#N)n(C)c1. The zero-order valence-corrected chi connectivity index (χ0v) is 11.6. The molecule has 2 aromatic rings. The van der Waals surface area contributed by atoms with Crippen LogP contribution >= 0.6 is 0 Å². The molecule has 1 heterocycles. The van der Waals surface area contributed by atoms with E-state index in [0.29, 0.717) is 11.6 Å². The molecule has 0 aliphatic heterocycles. The Labute approximate surface area is 114 Å². The number of benzene rings is 1. The van der Waals surface area contributed by atoms with Crippen molar-refractivity contribution in [2.24, 2.45) is 7.05 Å². The third kappa shape index (κ3) is 2.97. The van der Waals surface area contributed by atoms with Crippen molar-refractivity contribution in [3.8, 4) is 6.07 Å². The molecule has 0 saturated carbocycles. The Balaban J connectivity index is 2.12. The van der Waals surface area contributed by atoms with Crippen LogP contribution in [-0.2, 0) is 13.6 Å². The van der Waals surface area contributed by atoms with Gasteiger partial charge in [-0.15, -0.1) is 0 Å². The number of aromatic nitrogens is 1. The lowest BCUT2D eigenvalue weighted by molar-refractivity contribution is 0.865. The minimum atomic E-state index is 0.495. The summed E-state index contributed by atoms with van der Waals surface area (Å²) in [6.45, 7) is 5.12. The third-order valence-corrected chi connectivity index (χ3v) is 3.24. The standard InChI is InChI=1S/C16H19N3/c1-12(2)15-6-4-5-7-16(15)18-10-13-8-14(9-17)19(3)11-13/h4-8,11-12,18H,10H2,1-3H3. The van der Waals surface area contributed by atoms with Crippen LogP contribution in [0.3, 0.4) is 0 Å². The van der Waals surface area contributed by atoms with Crippen LogP contribution in [0.4, 0.5) is 5.69 Å². The second kappa shape index (κ2) is 5.62. The fraction of sp³-hybridized carbons (Fsp3) is 0.312. The van der Waals surface area contributed by atoms with Gasteiger partial charge in [-0.05, 0) is 29.2 Å². The maximum Gasteiger partial charge on any atom is 0.120 e. The molecular weight excluding hydrogens is 234 g/mol. The van der Waals surface area contributed by atoms with Crippen LogP contribution < -0.4 is 5.32 Å². The first-order valence-electron chi connectivity index (χ1n) is 6.50. The smallest absolute Gasteiger partial charge is 0.120 e. The van der Waals surface area contributed by atoms with E-state index in [2.05, 4.69) is 43.4 Å². The minimum absolute atomic E-state index is 0.495. The largest absolute Gasteiger partial charge is 0.381 e. The van der Waals surface area contributed by atoms with Gasteiger partial charge in [0.1, 0.15) is 11.8 Å². The summed E-state index contributed by atoms with van der Waals surface area (Å²) in [6.07, 6.45) is 1.99. The summed E-state index contributed by atoms with van der Waals surface area (Å²) in [7, 11) is 1.89. The molecule has 1 aromatic heterocycles. The Morgan fingerprint density at radius 1 is 1.32 bits per heavy atom. The van der Waals surface area contributed by atoms with Gasteiger partial charge in [-0.25, -0.2) is 0 Å². The van der Waals surface area contributed by atoms with Crippen LogP contribution in [0.1, 0.15) is 36.6 Å². The molecule has 19 heavy (non-hydrogen) atoms. The van der Waals surface area contributed by atoms with E-state index in [0.717, 1.165) is 12.1 Å². The second-order valence-electron chi connectivity index (χ2n) is 5.05. The van der Waals surface area contributed by atoms with E-state index >= 15 is 0 Å². The molecule has 3 heteroatoms. The van der Waals surface area contributed by atoms with Gasteiger partial charge in [0, 0.05) is 25.5 Å². The zero-order chi connectivity index (χ0) is 13.8. The topological polar surface area (TPSA) is 40.8 Å². The number of hydrogen-bond donors (Lipinski definition) is 1. The molecule has 0 bridgehead atoms. The summed E-state index contributed by atoms with van der Waals surface area (Å²) in [5.74, 6) is 0.495. The Hall–Kier alpha value is -2.21. The molecule has 0 aliphatic rings. The average Bonchev–Trinajstić information content (AvgIpc) is 2.77. The fourth-order valence-corrected chi connectivity index (χ4v) is 2.20. The summed E-state index contributed by atoms with van der Waals surface area (Å²) < 4.78 is 1.85. The molecule has 0 saturated heterocycles. The van der Waals surface area contributed by atoms with Gasteiger partial charge in [-0.3, -0.25) is 0 Å². The van der Waals surface area contributed by atoms with Crippen molar-refractivity contribution >= 4 is 5.69 Å². The van der Waals surface area contributed by atoms with Crippen LogP contribution in [0.25, 0.3) is 0 Å². The van der Waals surface area contributed by atoms with Gasteiger partial charge in [0.2, 0.25) is 0 Å². The van der Waals surface area contributed by atoms with E-state index in [4.69, 9.17) is 5.26 Å². The Morgan fingerprint density at radius 3 is 2.68 bits per heavy atom. The van der Waals surface area contributed by atoms with E-state index in [-0.39, 0.29) is 0 Å². The molecule has 0 unspecified atom stereocenters. The predicted molar refractivity (Wildman–Crippen MR) is 78.0 cm³/mol. The summed E-state index contributed by atoms with van der Waals surface area (Å²) in [6, 6.07) is 12.5. The summed E-state index contributed by atoms with van der Waals surface area (Å²) >= 11 is 0. The highest BCUT2D eigenvalue weighted by Crippen LogP contribution is 2.24. The highest BCUT2D eigenvalue weighted by molar-refractivity contribution is 5.52. The summed E-state index contributed by atoms with van der Waals surface area (Å²) in [5, 5.41) is 12.4. The lowest BCUT2D eigenvalue weighted by atomic mass is 10.0. The van der Waals surface area contributed by atoms with Gasteiger partial charge in [0.15, 0.2) is 0 Å². The van der Waals surface area contributed by atoms with E-state index in [1.54, 1.807) is 0 Å². The number of nitrogens with zero attached hydrogens (tertiary/aromatic N) is 2. The number of hydrogen-bond acceptors (Lipinski definition) is 2. The monoisotopic (exact) mass is 253 g/mol. The maximum absolute atomic E-state index is 8.94. The van der Waals surface area contributed by atoms with Crippen molar-refractivity contribution in [1.82, 2.24) is 4.57 Å². The van der Waals surface area contributed by atoms with Gasteiger partial charge in [-0.2, -0.15) is 5.26 Å². The normalized spacial score (nSPS) is 10.5. The molecule has 3 nitrogen and oxygen atoms in total. The molecule has 2 rings (SSSR count). The first-order valence-corrected chi connectivity index (χ1v) is 6.50. The molecule has 0 radical (unpaired) electrons. The maximum atomic E-state index is 8.94. The molecule has 0 amide bonds. The third-order valence-electron chi connectivity index (χ3n) is 3.24. The van der Waals surface area contributed by atoms with Crippen molar-refractivity contribution in [2.45, 2.75) is 26.3 Å². The number of nitriles is 1. The van der Waals surface area contributed by atoms with Crippen LogP contribution in [0.5, 0.6) is 0 Å². The number of aryl methyl sites for hydroxylation is 1. The molecule has 0 atom stereocenters. The lowest BCUT2D eigenvalue weighted by Gasteiger charge is -2.13. The van der Waals surface area contributed by atoms with Crippen molar-refractivity contribution in [3.05, 3.63) is 53.3 Å². The number of anilines is 1. The van der Waals surface area contributed by atoms with Gasteiger partial charge in [0.25, 0.3) is 0 Å². The highest BCUT2D eigenvalue weighted by Gasteiger charge is 2.06. The number of nitrogens with one attached hydrogen (secondary N) is 1. The average molecular weight is 253 g/mol. The van der Waals surface area contributed by atoms with Crippen molar-refractivity contribution in [2.75, 3.05) is 5.32 Å². The quantitative estimate of drug-likeness (QED) is 0.903. The Kier molecular flexibility index (Phi) is 3.91. The molecule has 0 aliphatic carbocycles. The Bertz CT molecular complexity index is 603. The van der Waals surface area contributed by atoms with Gasteiger partial charge >= 0.3 is 0 Å². The first kappa shape index (κ1) is 13.2. The molecule has 0 spiro atoms. The number of rotatable bonds is 4. The fourth-order valence-electron chi connectivity index (χ4n) is 2.20. The van der Waals surface area contributed by atoms with Gasteiger partial charge in [0.05, 0.1) is 0 Å². The highest BCUT2D eigenvalue weighted by atomic mass is 14.9. The molecule has 0 fully saturated rings. The van der Waals surface area contributed by atoms with E-state index in [1.807, 2.05) is 29.9 Å². The van der Waals surface area contributed by atoms with Gasteiger partial charge in [-0.1, -0.05) is 32.0 Å². The minimum Gasteiger partial charge on any atom is -0.381 e. The summed E-state index contributed by atoms with van der Waals surface area (Å²) in [5.41, 5.74) is 4.30. The van der Waals surface area contributed by atoms with Crippen molar-refractivity contribution in [3.63, 3.8) is 0 Å². The van der Waals surface area contributed by atoms with Crippen LogP contribution in [0.15, 0.2) is 36.5 Å². The van der Waals surface area contributed by atoms with E-state index in [1.165, 1.54) is 11.3 Å². The Morgan fingerprint density at radius 2 is 2.05 bits per heavy atom. The van der Waals surface area contributed by atoms with Gasteiger partial charge < -0.3 is 9.88 Å². The lowest BCUT2D eigenvalue weighted by Crippen LogP contribution is -2.02. The van der Waals surface area contributed by atoms with Crippen LogP contribution in [0, 0.1) is 11.3 Å². The molecule has 1 aromatic carbocycles. The molecule has 1 N–H and O–H groups in total. The van der Waals surface area contributed by atoms with Crippen molar-refractivity contribution in [1.29, 1.82) is 5.26 Å². The first-order chi connectivity index (χ1) is 9.11. The second-order valence-corrected chi connectivity index (χ2v) is 5.05. The molecular formula is C16H19N3. The van der Waals surface area contributed by atoms with E-state index < -0.39 is 0 Å². The zero-order valence-electron chi connectivity index (χ0n) is 11.6. The molecule has 98 valence electrons. The predicted octanol–water partition coefficient (Wildman–Crippen LogP) is 3.63. The van der Waals surface area contributed by atoms with Crippen LogP contribution in [-0.4, -0.2) is 4.57 Å². The van der Waals surface area contributed by atoms with E-state index in [9.17, 15) is 0 Å².